The Hall–Kier alpha value is -3.98. The zero-order valence-electron chi connectivity index (χ0n) is 23.5. The van der Waals surface area contributed by atoms with Gasteiger partial charge in [0.05, 0.1) is 37.2 Å². The molecule has 8 nitrogen and oxygen atoms in total. The molecule has 6 rings (SSSR count). The number of hydrogen-bond acceptors (Lipinski definition) is 6. The second kappa shape index (κ2) is 12.7. The van der Waals surface area contributed by atoms with E-state index in [2.05, 4.69) is 56.8 Å². The van der Waals surface area contributed by atoms with Crippen molar-refractivity contribution in [2.24, 2.45) is 0 Å². The Labute approximate surface area is 241 Å². The van der Waals surface area contributed by atoms with Gasteiger partial charge in [-0.25, -0.2) is 9.78 Å². The molecule has 0 radical (unpaired) electrons. The van der Waals surface area contributed by atoms with Gasteiger partial charge >= 0.3 is 6.03 Å². The molecule has 0 unspecified atom stereocenters. The van der Waals surface area contributed by atoms with Crippen LogP contribution in [0, 0.1) is 0 Å². The fourth-order valence-corrected chi connectivity index (χ4v) is 5.98. The third-order valence-electron chi connectivity index (χ3n) is 8.04. The standard InChI is InChI=1S/C33H37N5O3/c1-40-19-16-37-22-28(24-10-4-2-5-11-24)29(23-37)34-33(39)36-31-26-14-8-9-15-27(26)32(38-17-20-41-21-18-38)35-30(31)25-12-6-3-7-13-25/h2-15,28-29H,16-23H2,1H3,(H2,34,36,39)/t28-,29+/m0/s1. The third-order valence-corrected chi connectivity index (χ3v) is 8.04. The van der Waals surface area contributed by atoms with Crippen molar-refractivity contribution in [1.82, 2.24) is 15.2 Å². The van der Waals surface area contributed by atoms with Crippen LogP contribution < -0.4 is 15.5 Å². The molecule has 0 spiro atoms. The largest absolute Gasteiger partial charge is 0.383 e. The van der Waals surface area contributed by atoms with E-state index in [9.17, 15) is 4.79 Å². The summed E-state index contributed by atoms with van der Waals surface area (Å²) in [5, 5.41) is 8.53. The summed E-state index contributed by atoms with van der Waals surface area (Å²) in [5.41, 5.74) is 3.65. The van der Waals surface area contributed by atoms with Crippen molar-refractivity contribution in [1.29, 1.82) is 0 Å². The Kier molecular flexibility index (Phi) is 8.41. The smallest absolute Gasteiger partial charge is 0.319 e. The average Bonchev–Trinajstić information content (AvgIpc) is 3.43. The van der Waals surface area contributed by atoms with Gasteiger partial charge in [0.2, 0.25) is 0 Å². The van der Waals surface area contributed by atoms with Gasteiger partial charge in [-0.15, -0.1) is 0 Å². The minimum Gasteiger partial charge on any atom is -0.383 e. The Bertz CT molecular complexity index is 1460. The topological polar surface area (TPSA) is 79.0 Å². The number of benzene rings is 3. The molecule has 4 aromatic rings. The van der Waals surface area contributed by atoms with Crippen molar-refractivity contribution in [2.45, 2.75) is 12.0 Å². The summed E-state index contributed by atoms with van der Waals surface area (Å²) < 4.78 is 10.9. The highest BCUT2D eigenvalue weighted by molar-refractivity contribution is 6.10. The van der Waals surface area contributed by atoms with Crippen molar-refractivity contribution >= 4 is 28.3 Å². The van der Waals surface area contributed by atoms with Crippen LogP contribution in [-0.4, -0.2) is 81.6 Å². The fourth-order valence-electron chi connectivity index (χ4n) is 5.98. The first-order chi connectivity index (χ1) is 20.2. The predicted molar refractivity (Wildman–Crippen MR) is 164 cm³/mol. The van der Waals surface area contributed by atoms with Crippen molar-refractivity contribution in [3.05, 3.63) is 90.5 Å². The number of likely N-dealkylation sites (tertiary alicyclic amines) is 1. The van der Waals surface area contributed by atoms with E-state index >= 15 is 0 Å². The number of amides is 2. The lowest BCUT2D eigenvalue weighted by Crippen LogP contribution is -2.42. The number of urea groups is 1. The second-order valence-corrected chi connectivity index (χ2v) is 10.6. The normalized spacial score (nSPS) is 19.4. The number of rotatable bonds is 8. The van der Waals surface area contributed by atoms with E-state index in [0.29, 0.717) is 25.5 Å². The lowest BCUT2D eigenvalue weighted by molar-refractivity contribution is 0.122. The average molecular weight is 552 g/mol. The van der Waals surface area contributed by atoms with Crippen LogP contribution in [0.4, 0.5) is 16.3 Å². The van der Waals surface area contributed by atoms with Crippen LogP contribution in [0.2, 0.25) is 0 Å². The molecule has 0 saturated carbocycles. The number of anilines is 2. The van der Waals surface area contributed by atoms with E-state index in [4.69, 9.17) is 14.5 Å². The molecule has 2 aliphatic heterocycles. The fraction of sp³-hybridized carbons (Fsp3) is 0.333. The molecule has 41 heavy (non-hydrogen) atoms. The SMILES string of the molecule is COCCN1C[C@@H](NC(=O)Nc2c(-c3ccccc3)nc(N3CCOCC3)c3ccccc23)[C@H](c2ccccc2)C1. The molecule has 2 N–H and O–H groups in total. The van der Waals surface area contributed by atoms with Crippen LogP contribution in [0.3, 0.4) is 0 Å². The van der Waals surface area contributed by atoms with Gasteiger partial charge in [-0.1, -0.05) is 84.9 Å². The highest BCUT2D eigenvalue weighted by atomic mass is 16.5. The number of ether oxygens (including phenoxy) is 2. The maximum atomic E-state index is 13.8. The lowest BCUT2D eigenvalue weighted by atomic mass is 9.94. The van der Waals surface area contributed by atoms with Gasteiger partial charge in [0, 0.05) is 62.1 Å². The number of methoxy groups -OCH3 is 1. The molecule has 2 saturated heterocycles. The van der Waals surface area contributed by atoms with Crippen LogP contribution in [0.25, 0.3) is 22.0 Å². The van der Waals surface area contributed by atoms with Gasteiger partial charge in [0.1, 0.15) is 5.82 Å². The molecule has 2 amide bonds. The number of aromatic nitrogens is 1. The summed E-state index contributed by atoms with van der Waals surface area (Å²) in [4.78, 5) is 23.6. The van der Waals surface area contributed by atoms with E-state index in [-0.39, 0.29) is 18.0 Å². The molecular weight excluding hydrogens is 514 g/mol. The van der Waals surface area contributed by atoms with E-state index in [1.807, 2.05) is 48.5 Å². The summed E-state index contributed by atoms with van der Waals surface area (Å²) in [6.07, 6.45) is 0. The Morgan fingerprint density at radius 2 is 1.61 bits per heavy atom. The van der Waals surface area contributed by atoms with E-state index in [1.54, 1.807) is 7.11 Å². The monoisotopic (exact) mass is 551 g/mol. The molecule has 0 bridgehead atoms. The molecule has 2 atom stereocenters. The molecule has 212 valence electrons. The summed E-state index contributed by atoms with van der Waals surface area (Å²) in [7, 11) is 1.72. The Morgan fingerprint density at radius 1 is 0.927 bits per heavy atom. The van der Waals surface area contributed by atoms with Crippen LogP contribution in [-0.2, 0) is 9.47 Å². The first-order valence-corrected chi connectivity index (χ1v) is 14.4. The molecule has 8 heteroatoms. The number of hydrogen-bond donors (Lipinski definition) is 2. The second-order valence-electron chi connectivity index (χ2n) is 10.6. The molecule has 0 aliphatic carbocycles. The minimum absolute atomic E-state index is 0.0405. The number of pyridine rings is 1. The summed E-state index contributed by atoms with van der Waals surface area (Å²) in [6, 6.07) is 28.4. The molecule has 3 heterocycles. The number of carbonyl (C=O) groups excluding carboxylic acids is 1. The highest BCUT2D eigenvalue weighted by Gasteiger charge is 2.35. The lowest BCUT2D eigenvalue weighted by Gasteiger charge is -2.30. The zero-order chi connectivity index (χ0) is 28.0. The van der Waals surface area contributed by atoms with Gasteiger partial charge in [0.15, 0.2) is 0 Å². The first-order valence-electron chi connectivity index (χ1n) is 14.4. The number of fused-ring (bicyclic) bond motifs is 1. The summed E-state index contributed by atoms with van der Waals surface area (Å²) in [6.45, 7) is 6.02. The van der Waals surface area contributed by atoms with Gasteiger partial charge in [0.25, 0.3) is 0 Å². The van der Waals surface area contributed by atoms with Crippen LogP contribution >= 0.6 is 0 Å². The number of morpholine rings is 1. The van der Waals surface area contributed by atoms with Crippen molar-refractivity contribution in [3.63, 3.8) is 0 Å². The zero-order valence-corrected chi connectivity index (χ0v) is 23.5. The maximum absolute atomic E-state index is 13.8. The highest BCUT2D eigenvalue weighted by Crippen LogP contribution is 2.38. The molecule has 2 aliphatic rings. The molecule has 3 aromatic carbocycles. The number of carbonyl (C=O) groups is 1. The van der Waals surface area contributed by atoms with Crippen LogP contribution in [0.15, 0.2) is 84.9 Å². The van der Waals surface area contributed by atoms with Crippen molar-refractivity contribution in [2.75, 3.05) is 69.9 Å². The number of nitrogens with zero attached hydrogens (tertiary/aromatic N) is 3. The Balaban J connectivity index is 1.33. The minimum atomic E-state index is -0.229. The van der Waals surface area contributed by atoms with E-state index in [0.717, 1.165) is 60.6 Å². The van der Waals surface area contributed by atoms with Crippen molar-refractivity contribution < 1.29 is 14.3 Å². The first kappa shape index (κ1) is 27.2. The quantitative estimate of drug-likeness (QED) is 0.322. The van der Waals surface area contributed by atoms with Crippen LogP contribution in [0.5, 0.6) is 0 Å². The molecule has 2 fully saturated rings. The van der Waals surface area contributed by atoms with E-state index < -0.39 is 0 Å². The van der Waals surface area contributed by atoms with E-state index in [1.165, 1.54) is 5.56 Å². The number of nitrogens with one attached hydrogen (secondary N) is 2. The third kappa shape index (κ3) is 6.05. The van der Waals surface area contributed by atoms with Gasteiger partial charge < -0.3 is 25.0 Å². The van der Waals surface area contributed by atoms with Gasteiger partial charge in [-0.05, 0) is 5.56 Å². The predicted octanol–water partition coefficient (Wildman–Crippen LogP) is 4.97. The van der Waals surface area contributed by atoms with Gasteiger partial charge in [-0.2, -0.15) is 0 Å². The molecular formula is C33H37N5O3. The van der Waals surface area contributed by atoms with Gasteiger partial charge in [-0.3, -0.25) is 4.90 Å². The summed E-state index contributed by atoms with van der Waals surface area (Å²) in [5.74, 6) is 1.10. The Morgan fingerprint density at radius 3 is 2.34 bits per heavy atom. The molecule has 1 aromatic heterocycles. The maximum Gasteiger partial charge on any atom is 0.319 e. The van der Waals surface area contributed by atoms with Crippen LogP contribution in [0.1, 0.15) is 11.5 Å². The van der Waals surface area contributed by atoms with Crippen molar-refractivity contribution in [3.8, 4) is 11.3 Å². The summed E-state index contributed by atoms with van der Waals surface area (Å²) >= 11 is 0.